The summed E-state index contributed by atoms with van der Waals surface area (Å²) < 4.78 is 7.53. The van der Waals surface area contributed by atoms with E-state index in [9.17, 15) is 4.79 Å². The number of amides is 1. The molecule has 0 atom stereocenters. The minimum absolute atomic E-state index is 0.0723. The number of carbonyl (C=O) groups is 1. The highest BCUT2D eigenvalue weighted by Crippen LogP contribution is 2.19. The van der Waals surface area contributed by atoms with E-state index in [1.165, 1.54) is 0 Å². The Kier molecular flexibility index (Phi) is 5.89. The van der Waals surface area contributed by atoms with Crippen molar-refractivity contribution >= 4 is 16.9 Å². The van der Waals surface area contributed by atoms with E-state index < -0.39 is 0 Å². The van der Waals surface area contributed by atoms with Gasteiger partial charge < -0.3 is 14.6 Å². The molecule has 3 rings (SSSR count). The van der Waals surface area contributed by atoms with Crippen LogP contribution < -0.4 is 10.1 Å². The van der Waals surface area contributed by atoms with Gasteiger partial charge in [0.25, 0.3) is 0 Å². The number of aromatic nitrogens is 2. The summed E-state index contributed by atoms with van der Waals surface area (Å²) in [6, 6.07) is 16.0. The summed E-state index contributed by atoms with van der Waals surface area (Å²) in [6.07, 6.45) is 2.02. The lowest BCUT2D eigenvalue weighted by Crippen LogP contribution is -2.25. The molecule has 0 aliphatic rings. The number of ether oxygens (including phenoxy) is 1. The van der Waals surface area contributed by atoms with Crippen LogP contribution in [-0.4, -0.2) is 29.1 Å². The summed E-state index contributed by atoms with van der Waals surface area (Å²) in [5.41, 5.74) is 3.23. The third-order valence-corrected chi connectivity index (χ3v) is 4.54. The van der Waals surface area contributed by atoms with Crippen molar-refractivity contribution in [1.29, 1.82) is 0 Å². The zero-order valence-corrected chi connectivity index (χ0v) is 15.4. The lowest BCUT2D eigenvalue weighted by atomic mass is 10.1. The molecule has 0 saturated carbocycles. The fourth-order valence-electron chi connectivity index (χ4n) is 3.19. The second-order valence-electron chi connectivity index (χ2n) is 6.31. The number of nitrogens with one attached hydrogen (secondary N) is 1. The lowest BCUT2D eigenvalue weighted by Gasteiger charge is -2.10. The first kappa shape index (κ1) is 18.0. The maximum atomic E-state index is 12.1. The molecule has 0 spiro atoms. The molecule has 0 aliphatic heterocycles. The van der Waals surface area contributed by atoms with Crippen LogP contribution >= 0.6 is 0 Å². The summed E-state index contributed by atoms with van der Waals surface area (Å²) in [4.78, 5) is 16.7. The number of imidazole rings is 1. The number of rotatable bonds is 8. The highest BCUT2D eigenvalue weighted by Gasteiger charge is 2.08. The van der Waals surface area contributed by atoms with Gasteiger partial charge >= 0.3 is 0 Å². The Bertz CT molecular complexity index is 886. The first-order valence-corrected chi connectivity index (χ1v) is 8.99. The number of benzene rings is 2. The van der Waals surface area contributed by atoms with Crippen LogP contribution in [0.4, 0.5) is 0 Å². The SMILES string of the molecule is COc1ccccc1CCC(=O)NCCCn1c(C)nc2ccccc21. The lowest BCUT2D eigenvalue weighted by molar-refractivity contribution is -0.121. The Morgan fingerprint density at radius 3 is 2.77 bits per heavy atom. The molecule has 1 amide bonds. The van der Waals surface area contributed by atoms with E-state index in [0.717, 1.165) is 41.1 Å². The monoisotopic (exact) mass is 351 g/mol. The Morgan fingerprint density at radius 1 is 1.15 bits per heavy atom. The van der Waals surface area contributed by atoms with E-state index in [1.807, 2.05) is 49.4 Å². The molecule has 0 aliphatic carbocycles. The maximum absolute atomic E-state index is 12.1. The van der Waals surface area contributed by atoms with Gasteiger partial charge in [-0.05, 0) is 43.5 Å². The molecule has 1 aromatic heterocycles. The van der Waals surface area contributed by atoms with Crippen LogP contribution in [0.15, 0.2) is 48.5 Å². The predicted octanol–water partition coefficient (Wildman–Crippen LogP) is 3.49. The normalized spacial score (nSPS) is 10.8. The molecule has 1 heterocycles. The van der Waals surface area contributed by atoms with Gasteiger partial charge in [0.2, 0.25) is 5.91 Å². The number of hydrogen-bond acceptors (Lipinski definition) is 3. The molecule has 0 bridgehead atoms. The van der Waals surface area contributed by atoms with Gasteiger partial charge in [-0.2, -0.15) is 0 Å². The van der Waals surface area contributed by atoms with Gasteiger partial charge in [-0.1, -0.05) is 30.3 Å². The van der Waals surface area contributed by atoms with Crippen molar-refractivity contribution in [3.05, 3.63) is 59.9 Å². The first-order chi connectivity index (χ1) is 12.7. The van der Waals surface area contributed by atoms with E-state index in [4.69, 9.17) is 4.74 Å². The number of fused-ring (bicyclic) bond motifs is 1. The third kappa shape index (κ3) is 4.23. The average molecular weight is 351 g/mol. The summed E-state index contributed by atoms with van der Waals surface area (Å²) in [5, 5.41) is 3.01. The van der Waals surface area contributed by atoms with Crippen molar-refractivity contribution in [1.82, 2.24) is 14.9 Å². The standard InChI is InChI=1S/C21H25N3O2/c1-16-23-18-9-4-5-10-19(18)24(16)15-7-14-22-21(25)13-12-17-8-3-6-11-20(17)26-2/h3-6,8-11H,7,12-15H2,1-2H3,(H,22,25). The number of methoxy groups -OCH3 is 1. The molecule has 0 fully saturated rings. The number of hydrogen-bond donors (Lipinski definition) is 1. The van der Waals surface area contributed by atoms with E-state index >= 15 is 0 Å². The van der Waals surface area contributed by atoms with Crippen molar-refractivity contribution in [3.8, 4) is 5.75 Å². The van der Waals surface area contributed by atoms with Crippen LogP contribution in [0.1, 0.15) is 24.2 Å². The summed E-state index contributed by atoms with van der Waals surface area (Å²) in [6.45, 7) is 3.53. The Morgan fingerprint density at radius 2 is 1.92 bits per heavy atom. The number of carbonyl (C=O) groups excluding carboxylic acids is 1. The zero-order chi connectivity index (χ0) is 18.4. The topological polar surface area (TPSA) is 56.1 Å². The predicted molar refractivity (Wildman–Crippen MR) is 103 cm³/mol. The quantitative estimate of drug-likeness (QED) is 0.632. The molecular formula is C21H25N3O2. The Labute approximate surface area is 154 Å². The first-order valence-electron chi connectivity index (χ1n) is 8.99. The molecule has 1 N–H and O–H groups in total. The summed E-state index contributed by atoms with van der Waals surface area (Å²) in [7, 11) is 1.65. The highest BCUT2D eigenvalue weighted by molar-refractivity contribution is 5.76. The van der Waals surface area contributed by atoms with Crippen LogP contribution in [0.5, 0.6) is 5.75 Å². The van der Waals surface area contributed by atoms with Gasteiger partial charge in [0, 0.05) is 19.5 Å². The molecule has 0 radical (unpaired) electrons. The van der Waals surface area contributed by atoms with Crippen LogP contribution in [0.25, 0.3) is 11.0 Å². The van der Waals surface area contributed by atoms with Gasteiger partial charge in [-0.25, -0.2) is 4.98 Å². The molecule has 0 saturated heterocycles. The zero-order valence-electron chi connectivity index (χ0n) is 15.4. The fraction of sp³-hybridized carbons (Fsp3) is 0.333. The van der Waals surface area contributed by atoms with Crippen molar-refractivity contribution in [3.63, 3.8) is 0 Å². The second kappa shape index (κ2) is 8.52. The number of aryl methyl sites for hydroxylation is 3. The van der Waals surface area contributed by atoms with Crippen molar-refractivity contribution in [2.24, 2.45) is 0 Å². The fourth-order valence-corrected chi connectivity index (χ4v) is 3.19. The molecule has 26 heavy (non-hydrogen) atoms. The molecular weight excluding hydrogens is 326 g/mol. The van der Waals surface area contributed by atoms with E-state index in [1.54, 1.807) is 7.11 Å². The van der Waals surface area contributed by atoms with E-state index in [0.29, 0.717) is 19.4 Å². The van der Waals surface area contributed by atoms with Crippen molar-refractivity contribution in [2.45, 2.75) is 32.7 Å². The average Bonchev–Trinajstić information content (AvgIpc) is 2.99. The van der Waals surface area contributed by atoms with Gasteiger partial charge in [-0.15, -0.1) is 0 Å². The molecule has 5 heteroatoms. The minimum atomic E-state index is 0.0723. The Balaban J connectivity index is 1.44. The van der Waals surface area contributed by atoms with Gasteiger partial charge in [-0.3, -0.25) is 4.79 Å². The summed E-state index contributed by atoms with van der Waals surface area (Å²) >= 11 is 0. The smallest absolute Gasteiger partial charge is 0.220 e. The number of para-hydroxylation sites is 3. The van der Waals surface area contributed by atoms with Gasteiger partial charge in [0.15, 0.2) is 0 Å². The van der Waals surface area contributed by atoms with E-state index in [2.05, 4.69) is 20.9 Å². The second-order valence-corrected chi connectivity index (χ2v) is 6.31. The van der Waals surface area contributed by atoms with Crippen molar-refractivity contribution < 1.29 is 9.53 Å². The van der Waals surface area contributed by atoms with Crippen LogP contribution in [0, 0.1) is 6.92 Å². The van der Waals surface area contributed by atoms with Gasteiger partial charge in [0.1, 0.15) is 11.6 Å². The van der Waals surface area contributed by atoms with Crippen LogP contribution in [0.3, 0.4) is 0 Å². The van der Waals surface area contributed by atoms with Crippen LogP contribution in [-0.2, 0) is 17.8 Å². The molecule has 3 aromatic rings. The molecule has 0 unspecified atom stereocenters. The number of nitrogens with zero attached hydrogens (tertiary/aromatic N) is 2. The summed E-state index contributed by atoms with van der Waals surface area (Å²) in [5.74, 6) is 1.92. The van der Waals surface area contributed by atoms with E-state index in [-0.39, 0.29) is 5.91 Å². The largest absolute Gasteiger partial charge is 0.496 e. The van der Waals surface area contributed by atoms with Gasteiger partial charge in [0.05, 0.1) is 18.1 Å². The maximum Gasteiger partial charge on any atom is 0.220 e. The molecule has 2 aromatic carbocycles. The Hall–Kier alpha value is -2.82. The molecule has 136 valence electrons. The third-order valence-electron chi connectivity index (χ3n) is 4.54. The highest BCUT2D eigenvalue weighted by atomic mass is 16.5. The molecule has 5 nitrogen and oxygen atoms in total. The van der Waals surface area contributed by atoms with Crippen molar-refractivity contribution in [2.75, 3.05) is 13.7 Å². The minimum Gasteiger partial charge on any atom is -0.496 e. The van der Waals surface area contributed by atoms with Crippen LogP contribution in [0.2, 0.25) is 0 Å².